The van der Waals surface area contributed by atoms with Crippen molar-refractivity contribution in [2.45, 2.75) is 12.2 Å². The van der Waals surface area contributed by atoms with Crippen molar-refractivity contribution in [2.24, 2.45) is 0 Å². The van der Waals surface area contributed by atoms with Crippen LogP contribution in [-0.2, 0) is 0 Å². The van der Waals surface area contributed by atoms with E-state index < -0.39 is 5.97 Å². The van der Waals surface area contributed by atoms with E-state index in [1.54, 1.807) is 6.07 Å². The summed E-state index contributed by atoms with van der Waals surface area (Å²) < 4.78 is 0. The van der Waals surface area contributed by atoms with Crippen LogP contribution in [0, 0.1) is 6.92 Å². The van der Waals surface area contributed by atoms with Gasteiger partial charge in [-0.05, 0) is 19.1 Å². The molecule has 1 fully saturated rings. The van der Waals surface area contributed by atoms with Gasteiger partial charge in [-0.25, -0.2) is 4.79 Å². The second-order valence-corrected chi connectivity index (χ2v) is 6.86. The predicted molar refractivity (Wildman–Crippen MR) is 80.2 cm³/mol. The quantitative estimate of drug-likeness (QED) is 0.889. The van der Waals surface area contributed by atoms with Crippen LogP contribution < -0.4 is 5.32 Å². The number of nitrogens with one attached hydrogen (secondary N) is 1. The minimum Gasteiger partial charge on any atom is -0.478 e. The standard InChI is InChI=1S/C13H17NO2S2/c1-9-2-3-12(11(6-9)13(15)16)14-7-10-8-17-4-5-18-10/h2-3,6,10,14H,4-5,7-8H2,1H3,(H,15,16). The molecule has 0 saturated carbocycles. The molecule has 3 nitrogen and oxygen atoms in total. The highest BCUT2D eigenvalue weighted by Crippen LogP contribution is 2.25. The Morgan fingerprint density at radius 3 is 3.00 bits per heavy atom. The number of hydrogen-bond acceptors (Lipinski definition) is 4. The third-order valence-electron chi connectivity index (χ3n) is 2.81. The van der Waals surface area contributed by atoms with Crippen molar-refractivity contribution < 1.29 is 9.90 Å². The summed E-state index contributed by atoms with van der Waals surface area (Å²) in [5, 5.41) is 13.0. The van der Waals surface area contributed by atoms with Crippen LogP contribution in [0.25, 0.3) is 0 Å². The van der Waals surface area contributed by atoms with Crippen molar-refractivity contribution >= 4 is 35.2 Å². The maximum Gasteiger partial charge on any atom is 0.337 e. The molecule has 0 bridgehead atoms. The van der Waals surface area contributed by atoms with Crippen molar-refractivity contribution in [1.29, 1.82) is 0 Å². The number of aryl methyl sites for hydroxylation is 1. The molecule has 98 valence electrons. The molecule has 0 amide bonds. The maximum absolute atomic E-state index is 11.2. The molecule has 0 aliphatic carbocycles. The summed E-state index contributed by atoms with van der Waals surface area (Å²) in [5.41, 5.74) is 2.06. The average molecular weight is 283 g/mol. The van der Waals surface area contributed by atoms with Gasteiger partial charge in [0.05, 0.1) is 5.56 Å². The molecule has 2 rings (SSSR count). The van der Waals surface area contributed by atoms with Gasteiger partial charge < -0.3 is 10.4 Å². The summed E-state index contributed by atoms with van der Waals surface area (Å²) in [6.45, 7) is 2.74. The van der Waals surface area contributed by atoms with Gasteiger partial charge in [0, 0.05) is 34.7 Å². The Labute approximate surface area is 116 Å². The van der Waals surface area contributed by atoms with E-state index in [0.29, 0.717) is 10.8 Å². The molecule has 1 atom stereocenters. The van der Waals surface area contributed by atoms with Gasteiger partial charge in [-0.2, -0.15) is 23.5 Å². The molecular formula is C13H17NO2S2. The predicted octanol–water partition coefficient (Wildman–Crippen LogP) is 2.95. The average Bonchev–Trinajstić information content (AvgIpc) is 2.38. The minimum absolute atomic E-state index is 0.364. The van der Waals surface area contributed by atoms with Crippen molar-refractivity contribution in [2.75, 3.05) is 29.1 Å². The lowest BCUT2D eigenvalue weighted by Gasteiger charge is -2.22. The third-order valence-corrected chi connectivity index (χ3v) is 5.66. The van der Waals surface area contributed by atoms with E-state index in [0.717, 1.165) is 23.5 Å². The lowest BCUT2D eigenvalue weighted by Crippen LogP contribution is -2.23. The Bertz CT molecular complexity index is 431. The van der Waals surface area contributed by atoms with Crippen LogP contribution in [-0.4, -0.2) is 40.1 Å². The third kappa shape index (κ3) is 3.59. The fourth-order valence-corrected chi connectivity index (χ4v) is 4.48. The van der Waals surface area contributed by atoms with Gasteiger partial charge >= 0.3 is 5.97 Å². The molecule has 0 radical (unpaired) electrons. The first-order valence-corrected chi connectivity index (χ1v) is 8.14. The Kier molecular flexibility index (Phi) is 4.83. The van der Waals surface area contributed by atoms with E-state index in [-0.39, 0.29) is 0 Å². The summed E-state index contributed by atoms with van der Waals surface area (Å²) >= 11 is 3.94. The normalized spacial score (nSPS) is 19.5. The van der Waals surface area contributed by atoms with Crippen LogP contribution in [0.5, 0.6) is 0 Å². The monoisotopic (exact) mass is 283 g/mol. The second kappa shape index (κ2) is 6.38. The van der Waals surface area contributed by atoms with Gasteiger partial charge in [0.1, 0.15) is 0 Å². The molecule has 1 aromatic rings. The van der Waals surface area contributed by atoms with E-state index in [9.17, 15) is 9.90 Å². The van der Waals surface area contributed by atoms with E-state index in [4.69, 9.17) is 0 Å². The van der Waals surface area contributed by atoms with Crippen molar-refractivity contribution in [3.05, 3.63) is 29.3 Å². The molecule has 0 spiro atoms. The molecule has 1 unspecified atom stereocenters. The topological polar surface area (TPSA) is 49.3 Å². The molecule has 5 heteroatoms. The van der Waals surface area contributed by atoms with Crippen molar-refractivity contribution in [3.63, 3.8) is 0 Å². The summed E-state index contributed by atoms with van der Waals surface area (Å²) in [5.74, 6) is 2.70. The highest BCUT2D eigenvalue weighted by atomic mass is 32.2. The smallest absolute Gasteiger partial charge is 0.337 e. The Morgan fingerprint density at radius 1 is 1.50 bits per heavy atom. The van der Waals surface area contributed by atoms with Gasteiger partial charge in [-0.3, -0.25) is 0 Å². The van der Waals surface area contributed by atoms with Crippen LogP contribution in [0.3, 0.4) is 0 Å². The first-order valence-electron chi connectivity index (χ1n) is 5.94. The van der Waals surface area contributed by atoms with E-state index in [2.05, 4.69) is 5.32 Å². The highest BCUT2D eigenvalue weighted by Gasteiger charge is 2.15. The van der Waals surface area contributed by atoms with Crippen LogP contribution in [0.4, 0.5) is 5.69 Å². The molecule has 1 heterocycles. The number of aromatic carboxylic acids is 1. The van der Waals surface area contributed by atoms with E-state index >= 15 is 0 Å². The Balaban J connectivity index is 2.01. The van der Waals surface area contributed by atoms with Crippen molar-refractivity contribution in [1.82, 2.24) is 0 Å². The maximum atomic E-state index is 11.2. The number of carboxylic acids is 1. The van der Waals surface area contributed by atoms with Crippen molar-refractivity contribution in [3.8, 4) is 0 Å². The molecular weight excluding hydrogens is 266 g/mol. The molecule has 1 aliphatic rings. The van der Waals surface area contributed by atoms with Gasteiger partial charge in [-0.1, -0.05) is 11.6 Å². The van der Waals surface area contributed by atoms with Crippen LogP contribution >= 0.6 is 23.5 Å². The van der Waals surface area contributed by atoms with Gasteiger partial charge in [-0.15, -0.1) is 0 Å². The summed E-state index contributed by atoms with van der Waals surface area (Å²) in [7, 11) is 0. The van der Waals surface area contributed by atoms with Crippen LogP contribution in [0.2, 0.25) is 0 Å². The van der Waals surface area contributed by atoms with E-state index in [1.807, 2.05) is 42.6 Å². The number of carbonyl (C=O) groups is 1. The number of anilines is 1. The zero-order valence-electron chi connectivity index (χ0n) is 10.3. The zero-order chi connectivity index (χ0) is 13.0. The molecule has 1 saturated heterocycles. The van der Waals surface area contributed by atoms with Gasteiger partial charge in [0.15, 0.2) is 0 Å². The fourth-order valence-electron chi connectivity index (χ4n) is 1.87. The number of thioether (sulfide) groups is 2. The van der Waals surface area contributed by atoms with Gasteiger partial charge in [0.2, 0.25) is 0 Å². The van der Waals surface area contributed by atoms with Crippen LogP contribution in [0.1, 0.15) is 15.9 Å². The molecule has 18 heavy (non-hydrogen) atoms. The molecule has 2 N–H and O–H groups in total. The number of benzene rings is 1. The number of hydrogen-bond donors (Lipinski definition) is 2. The molecule has 1 aliphatic heterocycles. The second-order valence-electron chi connectivity index (χ2n) is 4.30. The summed E-state index contributed by atoms with van der Waals surface area (Å²) in [4.78, 5) is 11.2. The summed E-state index contributed by atoms with van der Waals surface area (Å²) in [6.07, 6.45) is 0. The van der Waals surface area contributed by atoms with Crippen LogP contribution in [0.15, 0.2) is 18.2 Å². The lowest BCUT2D eigenvalue weighted by molar-refractivity contribution is 0.0698. The Morgan fingerprint density at radius 2 is 2.33 bits per heavy atom. The molecule has 1 aromatic carbocycles. The number of carboxylic acid groups (broad SMARTS) is 1. The minimum atomic E-state index is -0.869. The SMILES string of the molecule is Cc1ccc(NCC2CSCCS2)c(C(=O)O)c1. The summed E-state index contributed by atoms with van der Waals surface area (Å²) in [6, 6.07) is 5.52. The number of rotatable bonds is 4. The fraction of sp³-hybridized carbons (Fsp3) is 0.462. The van der Waals surface area contributed by atoms with E-state index in [1.165, 1.54) is 11.5 Å². The first kappa shape index (κ1) is 13.6. The lowest BCUT2D eigenvalue weighted by atomic mass is 10.1. The van der Waals surface area contributed by atoms with Gasteiger partial charge in [0.25, 0.3) is 0 Å². The Hall–Kier alpha value is -0.810. The zero-order valence-corrected chi connectivity index (χ0v) is 11.9. The first-order chi connectivity index (χ1) is 8.66. The molecule has 0 aromatic heterocycles. The highest BCUT2D eigenvalue weighted by molar-refractivity contribution is 8.06. The largest absolute Gasteiger partial charge is 0.478 e.